The van der Waals surface area contributed by atoms with Gasteiger partial charge in [-0.2, -0.15) is 0 Å². The summed E-state index contributed by atoms with van der Waals surface area (Å²) in [6, 6.07) is 3.99. The number of hydrogen-bond acceptors (Lipinski definition) is 6. The first kappa shape index (κ1) is 25.8. The topological polar surface area (TPSA) is 103 Å². The van der Waals surface area contributed by atoms with Gasteiger partial charge in [0.2, 0.25) is 0 Å². The molecular weight excluding hydrogens is 474 g/mol. The summed E-state index contributed by atoms with van der Waals surface area (Å²) in [5, 5.41) is 24.3. The van der Waals surface area contributed by atoms with Crippen molar-refractivity contribution in [2.45, 2.75) is 88.3 Å². The highest BCUT2D eigenvalue weighted by Crippen LogP contribution is 2.55. The Bertz CT molecular complexity index is 970. The van der Waals surface area contributed by atoms with Crippen molar-refractivity contribution in [3.63, 3.8) is 0 Å². The largest absolute Gasteiger partial charge is 0.481 e. The molecule has 0 radical (unpaired) electrons. The van der Waals surface area contributed by atoms with Gasteiger partial charge < -0.3 is 20.4 Å². The molecule has 1 aromatic heterocycles. The van der Waals surface area contributed by atoms with Gasteiger partial charge >= 0.3 is 5.97 Å². The lowest BCUT2D eigenvalue weighted by Gasteiger charge is -2.58. The highest BCUT2D eigenvalue weighted by Gasteiger charge is 2.55. The molecule has 2 unspecified atom stereocenters. The number of anilines is 1. The molecule has 2 heterocycles. The molecular formula is C28H41N3O4S. The minimum atomic E-state index is -0.747. The van der Waals surface area contributed by atoms with E-state index in [1.807, 2.05) is 12.1 Å². The second kappa shape index (κ2) is 10.5. The smallest absolute Gasteiger partial charge is 0.303 e. The van der Waals surface area contributed by atoms with Crippen LogP contribution in [0.4, 0.5) is 5.82 Å². The number of nitrogens with one attached hydrogen (secondary N) is 1. The number of rotatable bonds is 9. The molecule has 6 rings (SSSR count). The predicted octanol–water partition coefficient (Wildman–Crippen LogP) is 4.58. The van der Waals surface area contributed by atoms with Crippen LogP contribution in [0.1, 0.15) is 82.0 Å². The van der Waals surface area contributed by atoms with Crippen LogP contribution in [0, 0.1) is 29.6 Å². The number of carbonyl (C=O) groups is 2. The number of thioether (sulfide) groups is 1. The number of pyridine rings is 1. The molecule has 1 saturated heterocycles. The average molecular weight is 516 g/mol. The first-order chi connectivity index (χ1) is 17.2. The van der Waals surface area contributed by atoms with Gasteiger partial charge in [-0.1, -0.05) is 13.8 Å². The summed E-state index contributed by atoms with van der Waals surface area (Å²) >= 11 is 1.65. The lowest BCUT2D eigenvalue weighted by Crippen LogP contribution is -2.61. The molecule has 0 spiro atoms. The highest BCUT2D eigenvalue weighted by atomic mass is 32.2. The molecule has 0 aromatic carbocycles. The molecule has 5 aliphatic rings. The van der Waals surface area contributed by atoms with Gasteiger partial charge in [-0.3, -0.25) is 9.59 Å². The molecule has 1 amide bonds. The van der Waals surface area contributed by atoms with Crippen LogP contribution in [0.2, 0.25) is 0 Å². The van der Waals surface area contributed by atoms with E-state index in [0.29, 0.717) is 35.8 Å². The standard InChI is InChI=1S/C28H41N3O4S/c1-17(2)7-9-36-27-22(5-6-23(29-27)31-8-3-4-18(16-31)12-24(32)33)26(34)30-25-20-10-19-11-21(25)15-28(35,13-19)14-20/h5-6,17-21,25,35H,3-4,7-16H2,1-2H3,(H,30,34)(H,32,33)/t18-,19?,20?,21?,25?,28?/m0/s1. The summed E-state index contributed by atoms with van der Waals surface area (Å²) in [6.07, 6.45) is 7.91. The molecule has 198 valence electrons. The summed E-state index contributed by atoms with van der Waals surface area (Å²) < 4.78 is 0. The third-order valence-corrected chi connectivity index (χ3v) is 9.89. The zero-order valence-electron chi connectivity index (χ0n) is 21.6. The Morgan fingerprint density at radius 3 is 2.64 bits per heavy atom. The van der Waals surface area contributed by atoms with Crippen LogP contribution in [0.15, 0.2) is 17.2 Å². The van der Waals surface area contributed by atoms with Crippen molar-refractivity contribution in [3.05, 3.63) is 17.7 Å². The molecule has 8 heteroatoms. The molecule has 36 heavy (non-hydrogen) atoms. The van der Waals surface area contributed by atoms with E-state index >= 15 is 0 Å². The van der Waals surface area contributed by atoms with E-state index in [-0.39, 0.29) is 24.3 Å². The Kier molecular flexibility index (Phi) is 7.55. The number of aliphatic hydroxyl groups is 1. The van der Waals surface area contributed by atoms with Gasteiger partial charge in [-0.25, -0.2) is 4.98 Å². The summed E-state index contributed by atoms with van der Waals surface area (Å²) in [7, 11) is 0. The van der Waals surface area contributed by atoms with Crippen molar-refractivity contribution in [2.75, 3.05) is 23.7 Å². The zero-order valence-corrected chi connectivity index (χ0v) is 22.4. The van der Waals surface area contributed by atoms with Crippen LogP contribution in [0.3, 0.4) is 0 Å². The summed E-state index contributed by atoms with van der Waals surface area (Å²) in [5.74, 6) is 3.00. The van der Waals surface area contributed by atoms with Gasteiger partial charge in [0.25, 0.3) is 5.91 Å². The normalized spacial score (nSPS) is 33.2. The molecule has 7 nitrogen and oxygen atoms in total. The molecule has 4 aliphatic carbocycles. The SMILES string of the molecule is CC(C)CCSc1nc(N2CCC[C@@H](CC(=O)O)C2)ccc1C(=O)NC1C2CC3CC1CC(O)(C3)C2. The van der Waals surface area contributed by atoms with Crippen molar-refractivity contribution in [1.29, 1.82) is 0 Å². The van der Waals surface area contributed by atoms with Crippen LogP contribution < -0.4 is 10.2 Å². The molecule has 4 saturated carbocycles. The molecule has 1 aliphatic heterocycles. The maximum absolute atomic E-state index is 13.6. The van der Waals surface area contributed by atoms with Crippen molar-refractivity contribution in [2.24, 2.45) is 29.6 Å². The number of hydrogen-bond donors (Lipinski definition) is 3. The van der Waals surface area contributed by atoms with Crippen molar-refractivity contribution in [3.8, 4) is 0 Å². The number of carboxylic acids is 1. The van der Waals surface area contributed by atoms with Crippen molar-refractivity contribution >= 4 is 29.5 Å². The van der Waals surface area contributed by atoms with E-state index in [9.17, 15) is 19.8 Å². The minimum absolute atomic E-state index is 0.0482. The molecule has 4 bridgehead atoms. The van der Waals surface area contributed by atoms with E-state index in [1.165, 1.54) is 0 Å². The Labute approximate surface area is 218 Å². The average Bonchev–Trinajstić information content (AvgIpc) is 2.79. The lowest BCUT2D eigenvalue weighted by atomic mass is 9.52. The Morgan fingerprint density at radius 2 is 1.97 bits per heavy atom. The van der Waals surface area contributed by atoms with E-state index in [1.54, 1.807) is 11.8 Å². The number of aliphatic carboxylic acids is 1. The number of amides is 1. The Morgan fingerprint density at radius 1 is 1.22 bits per heavy atom. The quantitative estimate of drug-likeness (QED) is 0.414. The summed E-state index contributed by atoms with van der Waals surface area (Å²) in [5.41, 5.74) is 0.130. The van der Waals surface area contributed by atoms with Gasteiger partial charge in [0.1, 0.15) is 10.8 Å². The lowest BCUT2D eigenvalue weighted by molar-refractivity contribution is -0.138. The maximum atomic E-state index is 13.6. The first-order valence-electron chi connectivity index (χ1n) is 13.8. The number of carbonyl (C=O) groups excluding carboxylic acids is 1. The second-order valence-corrected chi connectivity index (χ2v) is 13.4. The third-order valence-electron chi connectivity index (χ3n) is 8.87. The predicted molar refractivity (Wildman–Crippen MR) is 141 cm³/mol. The molecule has 3 atom stereocenters. The van der Waals surface area contributed by atoms with Crippen LogP contribution in [0.5, 0.6) is 0 Å². The van der Waals surface area contributed by atoms with E-state index in [2.05, 4.69) is 24.1 Å². The minimum Gasteiger partial charge on any atom is -0.481 e. The van der Waals surface area contributed by atoms with Crippen LogP contribution in [-0.2, 0) is 4.79 Å². The fraction of sp³-hybridized carbons (Fsp3) is 0.750. The van der Waals surface area contributed by atoms with Gasteiger partial charge in [0.05, 0.1) is 11.2 Å². The van der Waals surface area contributed by atoms with Crippen LogP contribution in [0.25, 0.3) is 0 Å². The monoisotopic (exact) mass is 515 g/mol. The molecule has 1 aromatic rings. The number of carboxylic acid groups (broad SMARTS) is 1. The van der Waals surface area contributed by atoms with Gasteiger partial charge in [-0.05, 0) is 98.8 Å². The summed E-state index contributed by atoms with van der Waals surface area (Å²) in [6.45, 7) is 5.96. The molecule has 5 fully saturated rings. The number of piperidine rings is 1. The Balaban J connectivity index is 1.32. The molecule has 3 N–H and O–H groups in total. The first-order valence-corrected chi connectivity index (χ1v) is 14.8. The second-order valence-electron chi connectivity index (χ2n) is 12.3. The van der Waals surface area contributed by atoms with Crippen LogP contribution in [-0.4, -0.2) is 57.6 Å². The van der Waals surface area contributed by atoms with E-state index in [4.69, 9.17) is 4.98 Å². The van der Waals surface area contributed by atoms with E-state index in [0.717, 1.165) is 74.5 Å². The van der Waals surface area contributed by atoms with Crippen LogP contribution >= 0.6 is 11.8 Å². The summed E-state index contributed by atoms with van der Waals surface area (Å²) in [4.78, 5) is 32.0. The maximum Gasteiger partial charge on any atom is 0.303 e. The van der Waals surface area contributed by atoms with Crippen molar-refractivity contribution < 1.29 is 19.8 Å². The number of aromatic nitrogens is 1. The van der Waals surface area contributed by atoms with E-state index < -0.39 is 11.6 Å². The fourth-order valence-corrected chi connectivity index (χ4v) is 8.67. The zero-order chi connectivity index (χ0) is 25.4. The highest BCUT2D eigenvalue weighted by molar-refractivity contribution is 7.99. The fourth-order valence-electron chi connectivity index (χ4n) is 7.41. The van der Waals surface area contributed by atoms with Gasteiger partial charge in [-0.15, -0.1) is 11.8 Å². The van der Waals surface area contributed by atoms with Crippen molar-refractivity contribution in [1.82, 2.24) is 10.3 Å². The van der Waals surface area contributed by atoms with Gasteiger partial charge in [0, 0.05) is 25.6 Å². The van der Waals surface area contributed by atoms with Gasteiger partial charge in [0.15, 0.2) is 0 Å². The number of nitrogens with zero attached hydrogens (tertiary/aromatic N) is 2. The third kappa shape index (κ3) is 5.69. The Hall–Kier alpha value is -1.80.